The van der Waals surface area contributed by atoms with Crippen molar-refractivity contribution in [3.8, 4) is 0 Å². The second kappa shape index (κ2) is 5.88. The second-order valence-corrected chi connectivity index (χ2v) is 5.98. The maximum Gasteiger partial charge on any atom is 0.288 e. The Hall–Kier alpha value is -3.03. The predicted octanol–water partition coefficient (Wildman–Crippen LogP) is 1.41. The third kappa shape index (κ3) is 2.78. The summed E-state index contributed by atoms with van der Waals surface area (Å²) in [7, 11) is 0. The lowest BCUT2D eigenvalue weighted by atomic mass is 10.1. The van der Waals surface area contributed by atoms with E-state index in [1.165, 1.54) is 17.1 Å². The number of amides is 1. The molecule has 8 nitrogen and oxygen atoms in total. The van der Waals surface area contributed by atoms with Crippen molar-refractivity contribution in [3.63, 3.8) is 0 Å². The molecule has 3 heterocycles. The topological polar surface area (TPSA) is 94.2 Å². The molecule has 3 aromatic heterocycles. The van der Waals surface area contributed by atoms with Crippen molar-refractivity contribution in [1.29, 1.82) is 0 Å². The van der Waals surface area contributed by atoms with Crippen molar-refractivity contribution < 1.29 is 4.79 Å². The van der Waals surface area contributed by atoms with Gasteiger partial charge in [-0.1, -0.05) is 13.8 Å². The van der Waals surface area contributed by atoms with E-state index < -0.39 is 5.91 Å². The van der Waals surface area contributed by atoms with E-state index in [1.54, 1.807) is 17.5 Å². The minimum atomic E-state index is -0.476. The van der Waals surface area contributed by atoms with Gasteiger partial charge in [-0.2, -0.15) is 10.1 Å². The fourth-order valence-corrected chi connectivity index (χ4v) is 2.53. The van der Waals surface area contributed by atoms with Crippen molar-refractivity contribution in [3.05, 3.63) is 57.5 Å². The van der Waals surface area contributed by atoms with Gasteiger partial charge in [-0.15, -0.1) is 0 Å². The summed E-state index contributed by atoms with van der Waals surface area (Å²) in [5.41, 5.74) is 4.77. The lowest BCUT2D eigenvalue weighted by molar-refractivity contribution is 0.100. The summed E-state index contributed by atoms with van der Waals surface area (Å²) >= 11 is 0. The highest BCUT2D eigenvalue weighted by molar-refractivity contribution is 5.98. The van der Waals surface area contributed by atoms with Gasteiger partial charge in [-0.3, -0.25) is 15.0 Å². The van der Waals surface area contributed by atoms with Crippen LogP contribution in [0, 0.1) is 13.8 Å². The molecule has 0 radical (unpaired) electrons. The van der Waals surface area contributed by atoms with E-state index in [0.717, 1.165) is 11.3 Å². The van der Waals surface area contributed by atoms with E-state index in [9.17, 15) is 9.59 Å². The number of pyridine rings is 1. The Morgan fingerprint density at radius 2 is 1.96 bits per heavy atom. The van der Waals surface area contributed by atoms with Crippen LogP contribution in [0.5, 0.6) is 0 Å². The molecule has 1 amide bonds. The molecule has 0 aliphatic carbocycles. The maximum absolute atomic E-state index is 12.6. The van der Waals surface area contributed by atoms with Gasteiger partial charge in [0.2, 0.25) is 0 Å². The van der Waals surface area contributed by atoms with Crippen molar-refractivity contribution in [2.75, 3.05) is 5.43 Å². The predicted molar refractivity (Wildman–Crippen MR) is 88.7 cm³/mol. The molecule has 0 spiro atoms. The zero-order valence-electron chi connectivity index (χ0n) is 13.9. The first-order chi connectivity index (χ1) is 11.4. The molecular formula is C16H18N6O2. The normalized spacial score (nSPS) is 11.2. The smallest absolute Gasteiger partial charge is 0.267 e. The Morgan fingerprint density at radius 1 is 1.21 bits per heavy atom. The summed E-state index contributed by atoms with van der Waals surface area (Å²) in [6.07, 6.45) is 1.39. The molecule has 0 unspecified atom stereocenters. The Bertz CT molecular complexity index is 986. The van der Waals surface area contributed by atoms with Crippen LogP contribution in [0.15, 0.2) is 29.3 Å². The fourth-order valence-electron chi connectivity index (χ4n) is 2.53. The average molecular weight is 326 g/mol. The molecule has 124 valence electrons. The maximum atomic E-state index is 12.6. The summed E-state index contributed by atoms with van der Waals surface area (Å²) in [4.78, 5) is 32.9. The van der Waals surface area contributed by atoms with E-state index in [2.05, 4.69) is 20.5 Å². The first-order valence-electron chi connectivity index (χ1n) is 7.59. The average Bonchev–Trinajstić information content (AvgIpc) is 2.97. The van der Waals surface area contributed by atoms with Crippen molar-refractivity contribution in [2.24, 2.45) is 0 Å². The van der Waals surface area contributed by atoms with Crippen LogP contribution in [0.4, 0.5) is 0 Å². The second-order valence-electron chi connectivity index (χ2n) is 5.98. The minimum absolute atomic E-state index is 0.132. The van der Waals surface area contributed by atoms with Gasteiger partial charge in [0.25, 0.3) is 17.2 Å². The zero-order valence-corrected chi connectivity index (χ0v) is 13.9. The molecule has 0 bridgehead atoms. The molecular weight excluding hydrogens is 308 g/mol. The van der Waals surface area contributed by atoms with Gasteiger partial charge in [0.05, 0.1) is 5.69 Å². The van der Waals surface area contributed by atoms with Gasteiger partial charge in [0.1, 0.15) is 12.0 Å². The third-order valence-electron chi connectivity index (χ3n) is 3.68. The number of hydrogen-bond acceptors (Lipinski definition) is 5. The Labute approximate surface area is 138 Å². The molecule has 3 aromatic rings. The standard InChI is InChI=1S/C16H18N6O2/c1-9(2)13-7-12(19-16-17-8-18-22(13)16)15(24)20-21-11(4)5-10(3)6-14(21)23/h5-9H,1-4H3,(H,20,24). The first kappa shape index (κ1) is 15.9. The molecule has 0 saturated carbocycles. The summed E-state index contributed by atoms with van der Waals surface area (Å²) in [6, 6.07) is 4.94. The number of fused-ring (bicyclic) bond motifs is 1. The molecule has 1 N–H and O–H groups in total. The number of nitrogens with one attached hydrogen (secondary N) is 1. The van der Waals surface area contributed by atoms with Gasteiger partial charge < -0.3 is 0 Å². The zero-order chi connectivity index (χ0) is 17.4. The number of carbonyl (C=O) groups is 1. The molecule has 0 aliphatic heterocycles. The molecule has 0 atom stereocenters. The van der Waals surface area contributed by atoms with Crippen molar-refractivity contribution >= 4 is 11.7 Å². The van der Waals surface area contributed by atoms with E-state index in [-0.39, 0.29) is 17.2 Å². The number of aromatic nitrogens is 5. The first-order valence-corrected chi connectivity index (χ1v) is 7.59. The Morgan fingerprint density at radius 3 is 2.62 bits per heavy atom. The molecule has 24 heavy (non-hydrogen) atoms. The lowest BCUT2D eigenvalue weighted by Gasteiger charge is -2.13. The van der Waals surface area contributed by atoms with E-state index in [0.29, 0.717) is 11.5 Å². The number of hydrogen-bond donors (Lipinski definition) is 1. The van der Waals surface area contributed by atoms with Crippen molar-refractivity contribution in [1.82, 2.24) is 24.3 Å². The van der Waals surface area contributed by atoms with Crippen LogP contribution >= 0.6 is 0 Å². The van der Waals surface area contributed by atoms with Crippen LogP contribution in [0.25, 0.3) is 5.78 Å². The fraction of sp³-hybridized carbons (Fsp3) is 0.312. The monoisotopic (exact) mass is 326 g/mol. The van der Waals surface area contributed by atoms with Gasteiger partial charge in [-0.25, -0.2) is 14.2 Å². The molecule has 0 fully saturated rings. The largest absolute Gasteiger partial charge is 0.288 e. The van der Waals surface area contributed by atoms with Crippen LogP contribution in [-0.2, 0) is 0 Å². The van der Waals surface area contributed by atoms with Crippen LogP contribution in [0.3, 0.4) is 0 Å². The summed E-state index contributed by atoms with van der Waals surface area (Å²) < 4.78 is 2.81. The summed E-state index contributed by atoms with van der Waals surface area (Å²) in [5, 5.41) is 4.12. The van der Waals surface area contributed by atoms with Gasteiger partial charge >= 0.3 is 0 Å². The lowest BCUT2D eigenvalue weighted by Crippen LogP contribution is -2.35. The van der Waals surface area contributed by atoms with Crippen LogP contribution in [-0.4, -0.2) is 30.2 Å². The SMILES string of the molecule is Cc1cc(C)n(NC(=O)c2cc(C(C)C)n3ncnc3n2)c(=O)c1. The molecule has 3 rings (SSSR count). The molecule has 0 aromatic carbocycles. The van der Waals surface area contributed by atoms with Gasteiger partial charge in [0, 0.05) is 11.8 Å². The van der Waals surface area contributed by atoms with Gasteiger partial charge in [0.15, 0.2) is 0 Å². The van der Waals surface area contributed by atoms with Crippen LogP contribution in [0.2, 0.25) is 0 Å². The number of aryl methyl sites for hydroxylation is 2. The number of rotatable bonds is 3. The number of carbonyl (C=O) groups excluding carboxylic acids is 1. The van der Waals surface area contributed by atoms with Crippen molar-refractivity contribution in [2.45, 2.75) is 33.6 Å². The highest BCUT2D eigenvalue weighted by atomic mass is 16.2. The third-order valence-corrected chi connectivity index (χ3v) is 3.68. The molecule has 8 heteroatoms. The van der Waals surface area contributed by atoms with Crippen LogP contribution in [0.1, 0.15) is 47.2 Å². The van der Waals surface area contributed by atoms with Crippen LogP contribution < -0.4 is 11.0 Å². The quantitative estimate of drug-likeness (QED) is 0.785. The Kier molecular flexibility index (Phi) is 3.88. The minimum Gasteiger partial charge on any atom is -0.267 e. The van der Waals surface area contributed by atoms with E-state index >= 15 is 0 Å². The highest BCUT2D eigenvalue weighted by Crippen LogP contribution is 2.15. The number of nitrogens with zero attached hydrogens (tertiary/aromatic N) is 5. The summed E-state index contributed by atoms with van der Waals surface area (Å²) in [6.45, 7) is 7.57. The Balaban J connectivity index is 2.02. The van der Waals surface area contributed by atoms with E-state index in [4.69, 9.17) is 0 Å². The van der Waals surface area contributed by atoms with Gasteiger partial charge in [-0.05, 0) is 37.5 Å². The summed E-state index contributed by atoms with van der Waals surface area (Å²) in [5.74, 6) is 0.00311. The molecule has 0 saturated heterocycles. The highest BCUT2D eigenvalue weighted by Gasteiger charge is 2.16. The molecule has 0 aliphatic rings. The van der Waals surface area contributed by atoms with E-state index in [1.807, 2.05) is 26.8 Å².